The third kappa shape index (κ3) is 5.65. The fourth-order valence-corrected chi connectivity index (χ4v) is 3.97. The van der Waals surface area contributed by atoms with Crippen molar-refractivity contribution in [3.8, 4) is 0 Å². The summed E-state index contributed by atoms with van der Waals surface area (Å²) in [6, 6.07) is 23.5. The Morgan fingerprint density at radius 1 is 0.862 bits per heavy atom. The Labute approximate surface area is 174 Å². The van der Waals surface area contributed by atoms with E-state index < -0.39 is 22.0 Å². The lowest BCUT2D eigenvalue weighted by atomic mass is 10.1. The van der Waals surface area contributed by atoms with E-state index in [4.69, 9.17) is 11.6 Å². The summed E-state index contributed by atoms with van der Waals surface area (Å²) in [5, 5.41) is 0.327. The maximum Gasteiger partial charge on any atom is 0.266 e. The van der Waals surface area contributed by atoms with Gasteiger partial charge in [-0.2, -0.15) is 0 Å². The molecule has 1 amide bonds. The maximum absolute atomic E-state index is 12.5. The van der Waals surface area contributed by atoms with Gasteiger partial charge in [0.15, 0.2) is 0 Å². The van der Waals surface area contributed by atoms with Crippen molar-refractivity contribution in [1.82, 2.24) is 15.6 Å². The second-order valence-corrected chi connectivity index (χ2v) is 8.38. The number of hydrogen-bond donors (Lipinski definition) is 3. The van der Waals surface area contributed by atoms with Crippen LogP contribution in [0.5, 0.6) is 0 Å². The molecule has 3 aromatic rings. The number of nitrogens with one attached hydrogen (secondary N) is 3. The van der Waals surface area contributed by atoms with Crippen LogP contribution in [0.2, 0.25) is 5.02 Å². The molecule has 3 rings (SSSR count). The number of halogens is 1. The van der Waals surface area contributed by atoms with E-state index in [1.807, 2.05) is 30.3 Å². The maximum atomic E-state index is 12.5. The lowest BCUT2D eigenvalue weighted by Crippen LogP contribution is -2.44. The Morgan fingerprint density at radius 3 is 2.10 bits per heavy atom. The van der Waals surface area contributed by atoms with Crippen molar-refractivity contribution in [2.75, 3.05) is 6.54 Å². The zero-order valence-corrected chi connectivity index (χ0v) is 17.0. The highest BCUT2D eigenvalue weighted by Crippen LogP contribution is 2.16. The first-order valence-corrected chi connectivity index (χ1v) is 10.7. The fourth-order valence-electron chi connectivity index (χ4n) is 2.68. The van der Waals surface area contributed by atoms with Gasteiger partial charge in [-0.15, -0.1) is 0 Å². The van der Waals surface area contributed by atoms with Crippen molar-refractivity contribution in [1.29, 1.82) is 0 Å². The molecule has 150 valence electrons. The highest BCUT2D eigenvalue weighted by atomic mass is 35.5. The van der Waals surface area contributed by atoms with Crippen LogP contribution >= 0.6 is 11.6 Å². The zero-order valence-electron chi connectivity index (χ0n) is 15.4. The molecule has 1 atom stereocenters. The zero-order chi connectivity index (χ0) is 20.7. The van der Waals surface area contributed by atoms with Crippen LogP contribution in [-0.2, 0) is 10.0 Å². The van der Waals surface area contributed by atoms with E-state index in [1.54, 1.807) is 42.5 Å². The van der Waals surface area contributed by atoms with Gasteiger partial charge in [0.25, 0.3) is 5.91 Å². The number of amides is 1. The summed E-state index contributed by atoms with van der Waals surface area (Å²) in [5.74, 6) is -0.414. The minimum Gasteiger partial charge on any atom is -0.287 e. The van der Waals surface area contributed by atoms with E-state index in [9.17, 15) is 13.2 Å². The van der Waals surface area contributed by atoms with Crippen molar-refractivity contribution in [2.24, 2.45) is 0 Å². The number of carbonyl (C=O) groups is 1. The molecular weight excluding hydrogens is 410 g/mol. The molecule has 0 aliphatic carbocycles. The van der Waals surface area contributed by atoms with Gasteiger partial charge in [0.05, 0.1) is 21.5 Å². The van der Waals surface area contributed by atoms with Gasteiger partial charge in [-0.3, -0.25) is 10.2 Å². The summed E-state index contributed by atoms with van der Waals surface area (Å²) in [6.07, 6.45) is 0. The number of hydrogen-bond acceptors (Lipinski definition) is 4. The van der Waals surface area contributed by atoms with Gasteiger partial charge in [0, 0.05) is 6.54 Å². The third-order valence-electron chi connectivity index (χ3n) is 4.21. The first-order chi connectivity index (χ1) is 14.0. The number of benzene rings is 3. The van der Waals surface area contributed by atoms with Crippen LogP contribution in [0.15, 0.2) is 89.8 Å². The summed E-state index contributed by atoms with van der Waals surface area (Å²) in [7, 11) is -3.68. The molecule has 0 aliphatic rings. The second kappa shape index (κ2) is 9.67. The van der Waals surface area contributed by atoms with Crippen LogP contribution in [0.25, 0.3) is 0 Å². The molecule has 3 N–H and O–H groups in total. The molecule has 8 heteroatoms. The average Bonchev–Trinajstić information content (AvgIpc) is 2.75. The van der Waals surface area contributed by atoms with Crippen LogP contribution in [0.1, 0.15) is 22.0 Å². The SMILES string of the molecule is O=C(NN[C@H](CNS(=O)(=O)c1ccccc1)c1ccccc1)c1ccccc1Cl. The molecule has 6 nitrogen and oxygen atoms in total. The van der Waals surface area contributed by atoms with Crippen molar-refractivity contribution in [2.45, 2.75) is 10.9 Å². The molecule has 0 bridgehead atoms. The number of sulfonamides is 1. The highest BCUT2D eigenvalue weighted by molar-refractivity contribution is 7.89. The van der Waals surface area contributed by atoms with Gasteiger partial charge >= 0.3 is 0 Å². The molecule has 29 heavy (non-hydrogen) atoms. The van der Waals surface area contributed by atoms with Crippen LogP contribution in [0, 0.1) is 0 Å². The van der Waals surface area contributed by atoms with E-state index in [1.165, 1.54) is 12.1 Å². The van der Waals surface area contributed by atoms with E-state index in [2.05, 4.69) is 15.6 Å². The molecule has 0 aliphatic heterocycles. The summed E-state index contributed by atoms with van der Waals surface area (Å²) in [6.45, 7) is 0.0318. The van der Waals surface area contributed by atoms with E-state index in [-0.39, 0.29) is 11.4 Å². The predicted molar refractivity (Wildman–Crippen MR) is 113 cm³/mol. The molecule has 0 heterocycles. The standard InChI is InChI=1S/C21H20ClN3O3S/c22-19-14-8-7-13-18(19)21(26)25-24-20(16-9-3-1-4-10-16)15-23-29(27,28)17-11-5-2-6-12-17/h1-14,20,23-24H,15H2,(H,25,26)/t20-/m1/s1. The molecule has 0 unspecified atom stereocenters. The first kappa shape index (κ1) is 21.0. The monoisotopic (exact) mass is 429 g/mol. The molecule has 0 saturated carbocycles. The fraction of sp³-hybridized carbons (Fsp3) is 0.0952. The molecule has 0 fully saturated rings. The average molecular weight is 430 g/mol. The Morgan fingerprint density at radius 2 is 1.45 bits per heavy atom. The Bertz CT molecular complexity index is 1060. The molecular formula is C21H20ClN3O3S. The Kier molecular flexibility index (Phi) is 7.00. The Hall–Kier alpha value is -2.71. The molecule has 0 aromatic heterocycles. The lowest BCUT2D eigenvalue weighted by molar-refractivity contribution is 0.0925. The Balaban J connectivity index is 1.72. The van der Waals surface area contributed by atoms with Crippen molar-refractivity contribution in [3.63, 3.8) is 0 Å². The van der Waals surface area contributed by atoms with Crippen molar-refractivity contribution >= 4 is 27.5 Å². The first-order valence-electron chi connectivity index (χ1n) is 8.87. The second-order valence-electron chi connectivity index (χ2n) is 6.21. The molecule has 0 saturated heterocycles. The highest BCUT2D eigenvalue weighted by Gasteiger charge is 2.19. The predicted octanol–water partition coefficient (Wildman–Crippen LogP) is 3.29. The number of rotatable bonds is 8. The van der Waals surface area contributed by atoms with Crippen LogP contribution in [0.4, 0.5) is 0 Å². The smallest absolute Gasteiger partial charge is 0.266 e. The third-order valence-corrected chi connectivity index (χ3v) is 5.98. The van der Waals surface area contributed by atoms with E-state index >= 15 is 0 Å². The minimum absolute atomic E-state index is 0.0318. The molecule has 0 radical (unpaired) electrons. The van der Waals surface area contributed by atoms with Gasteiger partial charge in [-0.1, -0.05) is 72.3 Å². The quantitative estimate of drug-likeness (QED) is 0.479. The van der Waals surface area contributed by atoms with Crippen molar-refractivity contribution < 1.29 is 13.2 Å². The number of carbonyl (C=O) groups excluding carboxylic acids is 1. The van der Waals surface area contributed by atoms with Gasteiger partial charge in [0.2, 0.25) is 10.0 Å². The number of hydrazine groups is 1. The summed E-state index contributed by atoms with van der Waals surface area (Å²) < 4.78 is 27.6. The largest absolute Gasteiger partial charge is 0.287 e. The summed E-state index contributed by atoms with van der Waals surface area (Å²) >= 11 is 6.06. The summed E-state index contributed by atoms with van der Waals surface area (Å²) in [5.41, 5.74) is 6.63. The molecule has 3 aromatic carbocycles. The topological polar surface area (TPSA) is 87.3 Å². The summed E-state index contributed by atoms with van der Waals surface area (Å²) in [4.78, 5) is 12.6. The van der Waals surface area contributed by atoms with Gasteiger partial charge < -0.3 is 0 Å². The minimum atomic E-state index is -3.68. The van der Waals surface area contributed by atoms with Crippen LogP contribution in [0.3, 0.4) is 0 Å². The van der Waals surface area contributed by atoms with Gasteiger partial charge in [0.1, 0.15) is 0 Å². The normalized spacial score (nSPS) is 12.3. The van der Waals surface area contributed by atoms with Crippen LogP contribution < -0.4 is 15.6 Å². The molecule has 0 spiro atoms. The van der Waals surface area contributed by atoms with Crippen LogP contribution in [-0.4, -0.2) is 20.9 Å². The van der Waals surface area contributed by atoms with E-state index in [0.717, 1.165) is 5.56 Å². The lowest BCUT2D eigenvalue weighted by Gasteiger charge is -2.20. The van der Waals surface area contributed by atoms with Crippen molar-refractivity contribution in [3.05, 3.63) is 101 Å². The van der Waals surface area contributed by atoms with E-state index in [0.29, 0.717) is 10.6 Å². The van der Waals surface area contributed by atoms with Gasteiger partial charge in [-0.25, -0.2) is 18.6 Å². The van der Waals surface area contributed by atoms with Gasteiger partial charge in [-0.05, 0) is 29.8 Å².